The standard InChI is InChI=1S/C13H15ClN2O3/c1-2-15(8-9-6-7-9)13(17)10-4-3-5-11(12(10)14)16(18)19/h3-5,9H,2,6-8H2,1H3. The van der Waals surface area contributed by atoms with Crippen molar-refractivity contribution in [1.82, 2.24) is 4.90 Å². The summed E-state index contributed by atoms with van der Waals surface area (Å²) in [5, 5.41) is 10.7. The fourth-order valence-corrected chi connectivity index (χ4v) is 2.24. The van der Waals surface area contributed by atoms with Gasteiger partial charge >= 0.3 is 0 Å². The molecule has 1 aliphatic carbocycles. The summed E-state index contributed by atoms with van der Waals surface area (Å²) < 4.78 is 0. The Labute approximate surface area is 116 Å². The van der Waals surface area contributed by atoms with Gasteiger partial charge in [-0.1, -0.05) is 17.7 Å². The van der Waals surface area contributed by atoms with Crippen LogP contribution in [0.5, 0.6) is 0 Å². The topological polar surface area (TPSA) is 63.5 Å². The summed E-state index contributed by atoms with van der Waals surface area (Å²) in [5.41, 5.74) is -0.0200. The zero-order valence-electron chi connectivity index (χ0n) is 10.6. The first-order valence-electron chi connectivity index (χ1n) is 6.26. The molecule has 5 nitrogen and oxygen atoms in total. The molecule has 1 amide bonds. The van der Waals surface area contributed by atoms with Gasteiger partial charge in [-0.3, -0.25) is 14.9 Å². The Kier molecular flexibility index (Phi) is 4.04. The summed E-state index contributed by atoms with van der Waals surface area (Å²) in [6.45, 7) is 3.17. The second-order valence-corrected chi connectivity index (χ2v) is 5.06. The van der Waals surface area contributed by atoms with Crippen LogP contribution in [0.4, 0.5) is 5.69 Å². The van der Waals surface area contributed by atoms with Crippen molar-refractivity contribution in [3.63, 3.8) is 0 Å². The molecule has 0 aromatic heterocycles. The number of nitrogens with zero attached hydrogens (tertiary/aromatic N) is 2. The molecule has 0 saturated heterocycles. The van der Waals surface area contributed by atoms with E-state index < -0.39 is 4.92 Å². The van der Waals surface area contributed by atoms with Crippen LogP contribution < -0.4 is 0 Å². The van der Waals surface area contributed by atoms with E-state index in [0.717, 1.165) is 12.8 Å². The number of carbonyl (C=O) groups excluding carboxylic acids is 1. The zero-order valence-corrected chi connectivity index (χ0v) is 11.4. The van der Waals surface area contributed by atoms with E-state index in [1.54, 1.807) is 4.90 Å². The van der Waals surface area contributed by atoms with Crippen molar-refractivity contribution >= 4 is 23.2 Å². The summed E-state index contributed by atoms with van der Waals surface area (Å²) in [4.78, 5) is 24.3. The predicted octanol–water partition coefficient (Wildman–Crippen LogP) is 3.12. The smallest absolute Gasteiger partial charge is 0.288 e. The van der Waals surface area contributed by atoms with E-state index >= 15 is 0 Å². The number of amides is 1. The number of nitro benzene ring substituents is 1. The van der Waals surface area contributed by atoms with E-state index in [-0.39, 0.29) is 22.2 Å². The second kappa shape index (κ2) is 5.57. The van der Waals surface area contributed by atoms with Gasteiger partial charge in [0, 0.05) is 19.2 Å². The molecule has 0 bridgehead atoms. The Morgan fingerprint density at radius 1 is 1.53 bits per heavy atom. The number of halogens is 1. The highest BCUT2D eigenvalue weighted by molar-refractivity contribution is 6.35. The van der Waals surface area contributed by atoms with Gasteiger partial charge in [-0.15, -0.1) is 0 Å². The van der Waals surface area contributed by atoms with Crippen LogP contribution in [0.25, 0.3) is 0 Å². The molecule has 0 atom stereocenters. The first-order chi connectivity index (χ1) is 9.04. The van der Waals surface area contributed by atoms with E-state index in [9.17, 15) is 14.9 Å². The summed E-state index contributed by atoms with van der Waals surface area (Å²) in [6.07, 6.45) is 2.29. The van der Waals surface area contributed by atoms with Crippen molar-refractivity contribution in [2.75, 3.05) is 13.1 Å². The van der Waals surface area contributed by atoms with Gasteiger partial charge < -0.3 is 4.90 Å². The molecule has 0 N–H and O–H groups in total. The zero-order chi connectivity index (χ0) is 14.0. The van der Waals surface area contributed by atoms with Gasteiger partial charge in [0.2, 0.25) is 0 Å². The molecule has 1 aliphatic rings. The predicted molar refractivity (Wildman–Crippen MR) is 72.4 cm³/mol. The monoisotopic (exact) mass is 282 g/mol. The number of benzene rings is 1. The molecule has 6 heteroatoms. The van der Waals surface area contributed by atoms with E-state index in [1.165, 1.54) is 18.2 Å². The average molecular weight is 283 g/mol. The highest BCUT2D eigenvalue weighted by atomic mass is 35.5. The normalized spacial score (nSPS) is 14.2. The third-order valence-electron chi connectivity index (χ3n) is 3.25. The third kappa shape index (κ3) is 3.04. The minimum Gasteiger partial charge on any atom is -0.339 e. The average Bonchev–Trinajstić information content (AvgIpc) is 3.19. The highest BCUT2D eigenvalue weighted by Crippen LogP contribution is 2.32. The molecule has 1 aromatic carbocycles. The maximum Gasteiger partial charge on any atom is 0.288 e. The fraction of sp³-hybridized carbons (Fsp3) is 0.462. The number of nitro groups is 1. The summed E-state index contributed by atoms with van der Waals surface area (Å²) >= 11 is 5.96. The van der Waals surface area contributed by atoms with Crippen molar-refractivity contribution in [2.24, 2.45) is 5.92 Å². The van der Waals surface area contributed by atoms with E-state index in [4.69, 9.17) is 11.6 Å². The Balaban J connectivity index is 2.26. The van der Waals surface area contributed by atoms with E-state index in [1.807, 2.05) is 6.92 Å². The molecule has 0 unspecified atom stereocenters. The molecule has 0 aliphatic heterocycles. The van der Waals surface area contributed by atoms with Gasteiger partial charge in [-0.2, -0.15) is 0 Å². The first-order valence-corrected chi connectivity index (χ1v) is 6.64. The second-order valence-electron chi connectivity index (χ2n) is 4.68. The Morgan fingerprint density at radius 2 is 2.21 bits per heavy atom. The largest absolute Gasteiger partial charge is 0.339 e. The van der Waals surface area contributed by atoms with Gasteiger partial charge in [-0.05, 0) is 31.7 Å². The first kappa shape index (κ1) is 13.8. The quantitative estimate of drug-likeness (QED) is 0.616. The molecule has 1 saturated carbocycles. The Hall–Kier alpha value is -1.62. The lowest BCUT2D eigenvalue weighted by Gasteiger charge is -2.21. The van der Waals surface area contributed by atoms with Crippen LogP contribution in [0.3, 0.4) is 0 Å². The van der Waals surface area contributed by atoms with Gasteiger partial charge in [0.15, 0.2) is 0 Å². The molecule has 102 valence electrons. The van der Waals surface area contributed by atoms with Crippen LogP contribution in [0.2, 0.25) is 5.02 Å². The minimum atomic E-state index is -0.573. The van der Waals surface area contributed by atoms with Gasteiger partial charge in [0.05, 0.1) is 10.5 Å². The summed E-state index contributed by atoms with van der Waals surface area (Å²) in [6, 6.07) is 4.33. The minimum absolute atomic E-state index is 0.0771. The van der Waals surface area contributed by atoms with Crippen LogP contribution >= 0.6 is 11.6 Å². The maximum absolute atomic E-state index is 12.4. The molecule has 0 radical (unpaired) electrons. The van der Waals surface area contributed by atoms with Crippen molar-refractivity contribution in [3.05, 3.63) is 38.9 Å². The highest BCUT2D eigenvalue weighted by Gasteiger charge is 2.28. The van der Waals surface area contributed by atoms with Crippen LogP contribution in [0, 0.1) is 16.0 Å². The number of hydrogen-bond acceptors (Lipinski definition) is 3. The van der Waals surface area contributed by atoms with Crippen molar-refractivity contribution in [1.29, 1.82) is 0 Å². The lowest BCUT2D eigenvalue weighted by Crippen LogP contribution is -2.32. The Bertz CT molecular complexity index is 515. The van der Waals surface area contributed by atoms with Gasteiger partial charge in [0.25, 0.3) is 11.6 Å². The molecule has 0 heterocycles. The fourth-order valence-electron chi connectivity index (χ4n) is 1.96. The van der Waals surface area contributed by atoms with Crippen LogP contribution in [-0.4, -0.2) is 28.8 Å². The molecule has 19 heavy (non-hydrogen) atoms. The van der Waals surface area contributed by atoms with Crippen molar-refractivity contribution in [2.45, 2.75) is 19.8 Å². The van der Waals surface area contributed by atoms with Gasteiger partial charge in [0.1, 0.15) is 5.02 Å². The number of carbonyl (C=O) groups is 1. The summed E-state index contributed by atoms with van der Waals surface area (Å²) in [7, 11) is 0. The summed E-state index contributed by atoms with van der Waals surface area (Å²) in [5.74, 6) is 0.337. The molecular weight excluding hydrogens is 268 g/mol. The van der Waals surface area contributed by atoms with E-state index in [0.29, 0.717) is 19.0 Å². The van der Waals surface area contributed by atoms with Crippen LogP contribution in [0.1, 0.15) is 30.1 Å². The third-order valence-corrected chi connectivity index (χ3v) is 3.65. The lowest BCUT2D eigenvalue weighted by atomic mass is 10.1. The number of hydrogen-bond donors (Lipinski definition) is 0. The molecule has 1 fully saturated rings. The number of rotatable bonds is 5. The Morgan fingerprint density at radius 3 is 2.74 bits per heavy atom. The maximum atomic E-state index is 12.4. The molecule has 0 spiro atoms. The van der Waals surface area contributed by atoms with Crippen LogP contribution in [0.15, 0.2) is 18.2 Å². The van der Waals surface area contributed by atoms with Crippen molar-refractivity contribution < 1.29 is 9.72 Å². The lowest BCUT2D eigenvalue weighted by molar-refractivity contribution is -0.384. The van der Waals surface area contributed by atoms with E-state index in [2.05, 4.69) is 0 Å². The molecule has 1 aromatic rings. The van der Waals surface area contributed by atoms with Crippen molar-refractivity contribution in [3.8, 4) is 0 Å². The van der Waals surface area contributed by atoms with Crippen LogP contribution in [-0.2, 0) is 0 Å². The van der Waals surface area contributed by atoms with Gasteiger partial charge in [-0.25, -0.2) is 0 Å². The molecule has 2 rings (SSSR count). The SMILES string of the molecule is CCN(CC1CC1)C(=O)c1cccc([N+](=O)[O-])c1Cl. The molecular formula is C13H15ClN2O3.